The summed E-state index contributed by atoms with van der Waals surface area (Å²) in [5.74, 6) is 0. The average molecular weight is 495 g/mol. The van der Waals surface area contributed by atoms with Gasteiger partial charge >= 0.3 is 0 Å². The Morgan fingerprint density at radius 1 is 0.667 bits per heavy atom. The summed E-state index contributed by atoms with van der Waals surface area (Å²) < 4.78 is 2.05. The van der Waals surface area contributed by atoms with E-state index < -0.39 is 5.41 Å². The van der Waals surface area contributed by atoms with E-state index >= 15 is 0 Å². The smallest absolute Gasteiger partial charge is 0.0740 e. The summed E-state index contributed by atoms with van der Waals surface area (Å²) in [6.07, 6.45) is 3.73. The topological polar surface area (TPSA) is 23.9 Å². The molecule has 0 heterocycles. The van der Waals surface area contributed by atoms with E-state index in [1.54, 1.807) is 6.21 Å². The number of benzene rings is 4. The van der Waals surface area contributed by atoms with Crippen LogP contribution in [0.1, 0.15) is 22.3 Å². The molecule has 0 aliphatic heterocycles. The van der Waals surface area contributed by atoms with E-state index in [4.69, 9.17) is 5.41 Å². The van der Waals surface area contributed by atoms with Crippen molar-refractivity contribution >= 4 is 45.2 Å². The quantitative estimate of drug-likeness (QED) is 0.220. The van der Waals surface area contributed by atoms with Crippen molar-refractivity contribution in [2.45, 2.75) is 5.41 Å². The van der Waals surface area contributed by atoms with Gasteiger partial charge in [-0.05, 0) is 65.5 Å². The number of halogens is 1. The molecule has 0 saturated carbocycles. The average Bonchev–Trinajstić information content (AvgIpc) is 3.08. The van der Waals surface area contributed by atoms with E-state index in [-0.39, 0.29) is 0 Å². The van der Waals surface area contributed by atoms with Crippen molar-refractivity contribution in [2.24, 2.45) is 0 Å². The second-order valence-corrected chi connectivity index (χ2v) is 8.53. The molecule has 4 aromatic rings. The molecule has 2 aliphatic carbocycles. The molecule has 0 amide bonds. The minimum absolute atomic E-state index is 0.478. The van der Waals surface area contributed by atoms with E-state index in [1.165, 1.54) is 44.2 Å². The van der Waals surface area contributed by atoms with Crippen LogP contribution in [-0.4, -0.2) is 6.21 Å². The van der Waals surface area contributed by atoms with Gasteiger partial charge in [-0.2, -0.15) is 0 Å². The highest BCUT2D eigenvalue weighted by Crippen LogP contribution is 2.60. The second-order valence-electron chi connectivity index (χ2n) is 7.81. The Morgan fingerprint density at radius 2 is 1.27 bits per heavy atom. The predicted molar refractivity (Wildman–Crippen MR) is 135 cm³/mol. The van der Waals surface area contributed by atoms with Gasteiger partial charge in [-0.15, -0.1) is 0 Å². The molecular formula is C28H18IN. The van der Waals surface area contributed by atoms with E-state index in [2.05, 4.69) is 118 Å². The Hall–Kier alpha value is -2.98. The van der Waals surface area contributed by atoms with E-state index in [9.17, 15) is 0 Å². The molecule has 4 aromatic carbocycles. The number of nitrogens with one attached hydrogen (secondary N) is 1. The highest BCUT2D eigenvalue weighted by molar-refractivity contribution is 14.1. The molecule has 30 heavy (non-hydrogen) atoms. The molecule has 0 fully saturated rings. The first-order chi connectivity index (χ1) is 14.8. The molecule has 1 atom stereocenters. The summed E-state index contributed by atoms with van der Waals surface area (Å²) in [5, 5.41) is 11.1. The van der Waals surface area contributed by atoms with Gasteiger partial charge in [0.1, 0.15) is 0 Å². The van der Waals surface area contributed by atoms with Crippen LogP contribution in [0.3, 0.4) is 0 Å². The van der Waals surface area contributed by atoms with Gasteiger partial charge in [-0.25, -0.2) is 0 Å². The fourth-order valence-electron chi connectivity index (χ4n) is 5.61. The zero-order chi connectivity index (χ0) is 20.3. The predicted octanol–water partition coefficient (Wildman–Crippen LogP) is 7.52. The lowest BCUT2D eigenvalue weighted by molar-refractivity contribution is 0.778. The fraction of sp³-hybridized carbons (Fsp3) is 0.0357. The van der Waals surface area contributed by atoms with Crippen LogP contribution in [0.25, 0.3) is 27.5 Å². The van der Waals surface area contributed by atoms with Crippen LogP contribution in [-0.2, 0) is 5.41 Å². The van der Waals surface area contributed by atoms with Crippen LogP contribution in [0, 0.1) is 5.41 Å². The highest BCUT2D eigenvalue weighted by atomic mass is 127. The van der Waals surface area contributed by atoms with Gasteiger partial charge in [0.15, 0.2) is 0 Å². The lowest BCUT2D eigenvalue weighted by Gasteiger charge is -2.40. The molecule has 1 unspecified atom stereocenters. The largest absolute Gasteiger partial charge is 0.308 e. The third-order valence-electron chi connectivity index (χ3n) is 6.62. The fourth-order valence-corrected chi connectivity index (χ4v) is 5.97. The summed E-state index contributed by atoms with van der Waals surface area (Å²) in [4.78, 5) is 0. The summed E-state index contributed by atoms with van der Waals surface area (Å²) in [5.41, 5.74) is 9.27. The Labute approximate surface area is 189 Å². The van der Waals surface area contributed by atoms with Crippen molar-refractivity contribution < 1.29 is 0 Å². The first kappa shape index (κ1) is 17.8. The maximum Gasteiger partial charge on any atom is 0.0740 e. The Bertz CT molecular complexity index is 1420. The van der Waals surface area contributed by atoms with Gasteiger partial charge in [0.2, 0.25) is 0 Å². The van der Waals surface area contributed by atoms with Crippen molar-refractivity contribution in [3.05, 3.63) is 123 Å². The molecule has 0 radical (unpaired) electrons. The molecule has 2 aliphatic rings. The van der Waals surface area contributed by atoms with Crippen LogP contribution >= 0.6 is 22.6 Å². The van der Waals surface area contributed by atoms with Gasteiger partial charge in [-0.1, -0.05) is 108 Å². The number of fused-ring (bicyclic) bond motifs is 6. The van der Waals surface area contributed by atoms with Crippen molar-refractivity contribution in [1.82, 2.24) is 0 Å². The first-order valence-electron chi connectivity index (χ1n) is 10.1. The van der Waals surface area contributed by atoms with Crippen molar-refractivity contribution in [3.8, 4) is 11.1 Å². The SMILES string of the molecule is N=CC1=C(/C=C\I)c2ccccc2C12c1ccccc1-c1cccc3cccc2c13. The number of hydrogen-bond donors (Lipinski definition) is 1. The Balaban J connectivity index is 1.92. The zero-order valence-electron chi connectivity index (χ0n) is 16.2. The number of allylic oxidation sites excluding steroid dienone is 3. The van der Waals surface area contributed by atoms with Crippen molar-refractivity contribution in [1.29, 1.82) is 5.41 Å². The molecule has 142 valence electrons. The maximum absolute atomic E-state index is 8.54. The van der Waals surface area contributed by atoms with Gasteiger partial charge in [0.05, 0.1) is 5.41 Å². The third kappa shape index (κ3) is 2.04. The highest BCUT2D eigenvalue weighted by Gasteiger charge is 2.50. The standard InChI is InChI=1S/C28H18IN/c29-16-15-21-19-9-1-3-12-23(19)28(26(21)17-30)24-13-4-2-10-20(24)22-11-5-7-18-8-6-14-25(28)27(18)22/h1-17,30H/b16-15-,30-17?. The lowest BCUT2D eigenvalue weighted by atomic mass is 9.61. The number of rotatable bonds is 2. The molecule has 1 nitrogen and oxygen atoms in total. The lowest BCUT2D eigenvalue weighted by Crippen LogP contribution is -2.33. The van der Waals surface area contributed by atoms with Crippen LogP contribution in [0.2, 0.25) is 0 Å². The number of hydrogen-bond acceptors (Lipinski definition) is 1. The molecule has 0 saturated heterocycles. The van der Waals surface area contributed by atoms with Crippen LogP contribution in [0.4, 0.5) is 0 Å². The normalized spacial score (nSPS) is 18.8. The minimum atomic E-state index is -0.478. The summed E-state index contributed by atoms with van der Waals surface area (Å²) in [6, 6.07) is 30.6. The minimum Gasteiger partial charge on any atom is -0.308 e. The molecule has 0 aromatic heterocycles. The van der Waals surface area contributed by atoms with Gasteiger partial charge in [0.25, 0.3) is 0 Å². The molecular weight excluding hydrogens is 477 g/mol. The van der Waals surface area contributed by atoms with E-state index in [0.717, 1.165) is 11.1 Å². The van der Waals surface area contributed by atoms with Gasteiger partial charge in [-0.3, -0.25) is 0 Å². The summed E-state index contributed by atoms with van der Waals surface area (Å²) in [6.45, 7) is 0. The molecule has 0 bridgehead atoms. The van der Waals surface area contributed by atoms with Crippen molar-refractivity contribution in [3.63, 3.8) is 0 Å². The molecule has 1 N–H and O–H groups in total. The summed E-state index contributed by atoms with van der Waals surface area (Å²) in [7, 11) is 0. The van der Waals surface area contributed by atoms with E-state index in [1.807, 2.05) is 0 Å². The molecule has 1 spiro atoms. The molecule has 2 heteroatoms. The second kappa shape index (κ2) is 6.51. The van der Waals surface area contributed by atoms with Crippen molar-refractivity contribution in [2.75, 3.05) is 0 Å². The first-order valence-corrected chi connectivity index (χ1v) is 11.3. The van der Waals surface area contributed by atoms with Crippen LogP contribution in [0.5, 0.6) is 0 Å². The monoisotopic (exact) mass is 495 g/mol. The zero-order valence-corrected chi connectivity index (χ0v) is 18.4. The van der Waals surface area contributed by atoms with Crippen LogP contribution < -0.4 is 0 Å². The third-order valence-corrected chi connectivity index (χ3v) is 6.98. The van der Waals surface area contributed by atoms with Gasteiger partial charge in [0, 0.05) is 6.21 Å². The summed E-state index contributed by atoms with van der Waals surface area (Å²) >= 11 is 2.28. The Morgan fingerprint density at radius 3 is 2.00 bits per heavy atom. The van der Waals surface area contributed by atoms with E-state index in [0.29, 0.717) is 0 Å². The maximum atomic E-state index is 8.54. The molecule has 6 rings (SSSR count). The van der Waals surface area contributed by atoms with Gasteiger partial charge < -0.3 is 5.41 Å². The van der Waals surface area contributed by atoms with Crippen LogP contribution in [0.15, 0.2) is 101 Å². The Kier molecular flexibility index (Phi) is 3.87.